The van der Waals surface area contributed by atoms with Crippen LogP contribution < -0.4 is 10.1 Å². The number of carbonyl (C=O) groups is 1. The average Bonchev–Trinajstić information content (AvgIpc) is 2.34. The molecule has 0 bridgehead atoms. The van der Waals surface area contributed by atoms with Crippen LogP contribution in [0.1, 0.15) is 12.0 Å². The summed E-state index contributed by atoms with van der Waals surface area (Å²) < 4.78 is 5.21. The van der Waals surface area contributed by atoms with Crippen molar-refractivity contribution in [3.63, 3.8) is 0 Å². The van der Waals surface area contributed by atoms with E-state index < -0.39 is 0 Å². The first-order valence-corrected chi connectivity index (χ1v) is 7.13. The first-order chi connectivity index (χ1) is 9.43. The Morgan fingerprint density at radius 3 is 2.65 bits per heavy atom. The number of hydrogen-bond donors (Lipinski definition) is 1. The monoisotopic (exact) mass is 318 g/mol. The van der Waals surface area contributed by atoms with Crippen LogP contribution in [0, 0.1) is 0 Å². The minimum absolute atomic E-state index is 0.0691. The highest BCUT2D eigenvalue weighted by molar-refractivity contribution is 6.35. The number of carbonyl (C=O) groups excluding carboxylic acids is 1. The first kappa shape index (κ1) is 17.1. The van der Waals surface area contributed by atoms with Crippen LogP contribution in [0.2, 0.25) is 10.0 Å². The topological polar surface area (TPSA) is 41.6 Å². The molecule has 0 radical (unpaired) electrons. The number of amides is 1. The number of benzene rings is 1. The molecule has 112 valence electrons. The second kappa shape index (κ2) is 8.35. The number of hydrogen-bond acceptors (Lipinski definition) is 3. The smallest absolute Gasteiger partial charge is 0.224 e. The van der Waals surface area contributed by atoms with Gasteiger partial charge in [-0.25, -0.2) is 0 Å². The van der Waals surface area contributed by atoms with Crippen molar-refractivity contribution in [2.24, 2.45) is 0 Å². The fourth-order valence-electron chi connectivity index (χ4n) is 1.83. The van der Waals surface area contributed by atoms with Gasteiger partial charge in [0.2, 0.25) is 5.91 Å². The van der Waals surface area contributed by atoms with E-state index in [-0.39, 0.29) is 12.3 Å². The highest BCUT2D eigenvalue weighted by Crippen LogP contribution is 2.32. The van der Waals surface area contributed by atoms with Gasteiger partial charge in [-0.1, -0.05) is 23.2 Å². The van der Waals surface area contributed by atoms with Gasteiger partial charge in [0.25, 0.3) is 0 Å². The van der Waals surface area contributed by atoms with Crippen molar-refractivity contribution >= 4 is 29.1 Å². The molecule has 0 aromatic heterocycles. The molecule has 1 N–H and O–H groups in total. The summed E-state index contributed by atoms with van der Waals surface area (Å²) in [5, 5.41) is 3.77. The molecule has 6 heteroatoms. The number of nitrogens with one attached hydrogen (secondary N) is 1. The molecule has 0 heterocycles. The molecule has 4 nitrogen and oxygen atoms in total. The van der Waals surface area contributed by atoms with Gasteiger partial charge in [-0.2, -0.15) is 0 Å². The zero-order valence-corrected chi connectivity index (χ0v) is 13.5. The molecule has 1 rings (SSSR count). The maximum absolute atomic E-state index is 11.9. The van der Waals surface area contributed by atoms with E-state index >= 15 is 0 Å². The molecule has 0 spiro atoms. The Bertz CT molecular complexity index is 465. The van der Waals surface area contributed by atoms with Crippen molar-refractivity contribution in [1.29, 1.82) is 0 Å². The second-order valence-corrected chi connectivity index (χ2v) is 5.61. The zero-order chi connectivity index (χ0) is 15.1. The van der Waals surface area contributed by atoms with Crippen molar-refractivity contribution < 1.29 is 9.53 Å². The third-order valence-electron chi connectivity index (χ3n) is 2.74. The number of methoxy groups -OCH3 is 1. The maximum atomic E-state index is 11.9. The van der Waals surface area contributed by atoms with E-state index in [0.29, 0.717) is 27.9 Å². The van der Waals surface area contributed by atoms with Crippen LogP contribution in [-0.2, 0) is 11.2 Å². The number of nitrogens with zero attached hydrogens (tertiary/aromatic N) is 1. The van der Waals surface area contributed by atoms with Gasteiger partial charge in [0, 0.05) is 17.1 Å². The van der Waals surface area contributed by atoms with Crippen LogP contribution in [0.5, 0.6) is 5.75 Å². The molecule has 0 aliphatic carbocycles. The van der Waals surface area contributed by atoms with E-state index in [1.54, 1.807) is 12.1 Å². The summed E-state index contributed by atoms with van der Waals surface area (Å²) in [4.78, 5) is 14.0. The molecule has 0 fully saturated rings. The van der Waals surface area contributed by atoms with E-state index in [0.717, 1.165) is 13.0 Å². The fourth-order valence-corrected chi connectivity index (χ4v) is 2.44. The molecule has 0 atom stereocenters. The van der Waals surface area contributed by atoms with Crippen LogP contribution >= 0.6 is 23.2 Å². The Hall–Kier alpha value is -0.970. The first-order valence-electron chi connectivity index (χ1n) is 6.37. The van der Waals surface area contributed by atoms with Gasteiger partial charge in [-0.15, -0.1) is 0 Å². The lowest BCUT2D eigenvalue weighted by Gasteiger charge is -2.12. The molecule has 1 amide bonds. The number of halogens is 2. The number of ether oxygens (including phenoxy) is 1. The molecule has 20 heavy (non-hydrogen) atoms. The summed E-state index contributed by atoms with van der Waals surface area (Å²) in [6, 6.07) is 3.30. The predicted molar refractivity (Wildman–Crippen MR) is 82.9 cm³/mol. The van der Waals surface area contributed by atoms with Crippen LogP contribution in [0.15, 0.2) is 12.1 Å². The van der Waals surface area contributed by atoms with Crippen LogP contribution in [0.25, 0.3) is 0 Å². The van der Waals surface area contributed by atoms with Crippen LogP contribution in [0.3, 0.4) is 0 Å². The average molecular weight is 319 g/mol. The molecule has 0 unspecified atom stereocenters. The quantitative estimate of drug-likeness (QED) is 0.786. The van der Waals surface area contributed by atoms with Crippen molar-refractivity contribution in [3.05, 3.63) is 27.7 Å². The van der Waals surface area contributed by atoms with Gasteiger partial charge in [-0.05, 0) is 39.2 Å². The standard InChI is InChI=1S/C14H20Cl2N2O2/c1-18(2)6-4-5-17-13(19)8-10-7-11(15)9-12(16)14(10)20-3/h7,9H,4-6,8H2,1-3H3,(H,17,19). The largest absolute Gasteiger partial charge is 0.495 e. The maximum Gasteiger partial charge on any atom is 0.224 e. The van der Waals surface area contributed by atoms with Gasteiger partial charge in [0.05, 0.1) is 18.6 Å². The summed E-state index contributed by atoms with van der Waals surface area (Å²) in [5.41, 5.74) is 0.690. The molecule has 0 saturated heterocycles. The molecular weight excluding hydrogens is 299 g/mol. The summed E-state index contributed by atoms with van der Waals surface area (Å²) in [6.07, 6.45) is 1.11. The van der Waals surface area contributed by atoms with Gasteiger partial charge in [0.1, 0.15) is 5.75 Å². The Morgan fingerprint density at radius 1 is 1.35 bits per heavy atom. The van der Waals surface area contributed by atoms with Gasteiger partial charge >= 0.3 is 0 Å². The Kier molecular flexibility index (Phi) is 7.13. The minimum atomic E-state index is -0.0691. The van der Waals surface area contributed by atoms with Gasteiger partial charge in [0.15, 0.2) is 0 Å². The third-order valence-corrected chi connectivity index (χ3v) is 3.24. The summed E-state index contributed by atoms with van der Waals surface area (Å²) in [7, 11) is 5.52. The van der Waals surface area contributed by atoms with E-state index in [4.69, 9.17) is 27.9 Å². The Balaban J connectivity index is 2.57. The Morgan fingerprint density at radius 2 is 2.05 bits per heavy atom. The minimum Gasteiger partial charge on any atom is -0.495 e. The van der Waals surface area contributed by atoms with E-state index in [2.05, 4.69) is 10.2 Å². The Labute approximate surface area is 130 Å². The van der Waals surface area contributed by atoms with E-state index in [1.165, 1.54) is 7.11 Å². The number of rotatable bonds is 7. The fraction of sp³-hybridized carbons (Fsp3) is 0.500. The molecule has 1 aromatic rings. The molecule has 0 saturated carbocycles. The highest BCUT2D eigenvalue weighted by atomic mass is 35.5. The summed E-state index contributed by atoms with van der Waals surface area (Å²) >= 11 is 12.0. The van der Waals surface area contributed by atoms with Crippen molar-refractivity contribution in [2.45, 2.75) is 12.8 Å². The van der Waals surface area contributed by atoms with Gasteiger partial charge in [-0.3, -0.25) is 4.79 Å². The predicted octanol–water partition coefficient (Wildman–Crippen LogP) is 2.61. The van der Waals surface area contributed by atoms with Gasteiger partial charge < -0.3 is 15.0 Å². The molecule has 0 aliphatic heterocycles. The van der Waals surface area contributed by atoms with Crippen molar-refractivity contribution in [1.82, 2.24) is 10.2 Å². The van der Waals surface area contributed by atoms with E-state index in [9.17, 15) is 4.79 Å². The van der Waals surface area contributed by atoms with Crippen molar-refractivity contribution in [3.8, 4) is 5.75 Å². The molecule has 0 aliphatic rings. The van der Waals surface area contributed by atoms with Crippen LogP contribution in [0.4, 0.5) is 0 Å². The summed E-state index contributed by atoms with van der Waals surface area (Å²) in [5.74, 6) is 0.430. The molecule has 1 aromatic carbocycles. The lowest BCUT2D eigenvalue weighted by Crippen LogP contribution is -2.28. The van der Waals surface area contributed by atoms with Crippen molar-refractivity contribution in [2.75, 3.05) is 34.3 Å². The highest BCUT2D eigenvalue weighted by Gasteiger charge is 2.13. The third kappa shape index (κ3) is 5.57. The van der Waals surface area contributed by atoms with Crippen LogP contribution in [-0.4, -0.2) is 45.1 Å². The summed E-state index contributed by atoms with van der Waals surface area (Å²) in [6.45, 7) is 1.58. The lowest BCUT2D eigenvalue weighted by molar-refractivity contribution is -0.120. The van der Waals surface area contributed by atoms with E-state index in [1.807, 2.05) is 14.1 Å². The zero-order valence-electron chi connectivity index (χ0n) is 12.0. The SMILES string of the molecule is COc1c(Cl)cc(Cl)cc1CC(=O)NCCCN(C)C. The lowest BCUT2D eigenvalue weighted by atomic mass is 10.1. The second-order valence-electron chi connectivity index (χ2n) is 4.76. The molecular formula is C14H20Cl2N2O2. The normalized spacial score (nSPS) is 10.7.